The maximum absolute atomic E-state index is 11.9. The number of nitrogens with one attached hydrogen (secondary N) is 2. The summed E-state index contributed by atoms with van der Waals surface area (Å²) in [6.45, 7) is 5.87. The number of rotatable bonds is 7. The van der Waals surface area contributed by atoms with E-state index >= 15 is 0 Å². The number of hydrogen-bond donors (Lipinski definition) is 4. The normalized spacial score (nSPS) is 11.9. The molecular weight excluding hydrogens is 450 g/mol. The third-order valence-electron chi connectivity index (χ3n) is 5.93. The van der Waals surface area contributed by atoms with E-state index in [1.165, 1.54) is 0 Å². The van der Waals surface area contributed by atoms with Gasteiger partial charge in [0.25, 0.3) is 0 Å². The number of fused-ring (bicyclic) bond motifs is 1. The Morgan fingerprint density at radius 1 is 1.11 bits per heavy atom. The number of aldehydes is 1. The monoisotopic (exact) mass is 477 g/mol. The summed E-state index contributed by atoms with van der Waals surface area (Å²) in [5, 5.41) is 25.0. The van der Waals surface area contributed by atoms with Crippen molar-refractivity contribution in [1.29, 1.82) is 5.41 Å². The molecule has 0 bridgehead atoms. The summed E-state index contributed by atoms with van der Waals surface area (Å²) in [6.07, 6.45) is 6.00. The topological polar surface area (TPSA) is 108 Å². The van der Waals surface area contributed by atoms with Gasteiger partial charge in [-0.05, 0) is 46.3 Å². The van der Waals surface area contributed by atoms with E-state index in [-0.39, 0.29) is 23.9 Å². The van der Waals surface area contributed by atoms with Crippen LogP contribution >= 0.6 is 0 Å². The second kappa shape index (κ2) is 10.6. The van der Waals surface area contributed by atoms with Crippen LogP contribution in [0.25, 0.3) is 34.1 Å². The van der Waals surface area contributed by atoms with E-state index in [9.17, 15) is 9.90 Å². The van der Waals surface area contributed by atoms with Gasteiger partial charge in [0.15, 0.2) is 12.2 Å². The van der Waals surface area contributed by atoms with Gasteiger partial charge in [0.1, 0.15) is 18.1 Å². The Labute approximate surface area is 209 Å². The number of nitrogens with two attached hydrogens (primary N) is 1. The van der Waals surface area contributed by atoms with Crippen LogP contribution in [0, 0.1) is 5.41 Å². The molecule has 0 spiro atoms. The van der Waals surface area contributed by atoms with E-state index in [0.29, 0.717) is 28.8 Å². The van der Waals surface area contributed by atoms with E-state index in [0.717, 1.165) is 26.8 Å². The van der Waals surface area contributed by atoms with Crippen molar-refractivity contribution in [3.05, 3.63) is 101 Å². The Morgan fingerprint density at radius 3 is 2.58 bits per heavy atom. The molecule has 36 heavy (non-hydrogen) atoms. The highest BCUT2D eigenvalue weighted by Gasteiger charge is 2.19. The molecule has 6 nitrogen and oxygen atoms in total. The Balaban J connectivity index is 1.98. The number of aromatic hydroxyl groups is 1. The van der Waals surface area contributed by atoms with Crippen LogP contribution in [0.4, 0.5) is 5.69 Å². The number of para-hydroxylation sites is 1. The average Bonchev–Trinajstić information content (AvgIpc) is 2.88. The van der Waals surface area contributed by atoms with Gasteiger partial charge in [-0.1, -0.05) is 73.3 Å². The molecule has 5 N–H and O–H groups in total. The summed E-state index contributed by atoms with van der Waals surface area (Å²) < 4.78 is 6.34. The van der Waals surface area contributed by atoms with Gasteiger partial charge in [-0.15, -0.1) is 0 Å². The maximum atomic E-state index is 11.9. The molecule has 0 fully saturated rings. The van der Waals surface area contributed by atoms with Gasteiger partial charge in [0.2, 0.25) is 0 Å². The lowest BCUT2D eigenvalue weighted by atomic mass is 9.92. The predicted octanol–water partition coefficient (Wildman–Crippen LogP) is 4.68. The number of allylic oxidation sites excluding steroid dienone is 1. The zero-order valence-corrected chi connectivity index (χ0v) is 19.9. The molecule has 0 saturated carbocycles. The first-order valence-electron chi connectivity index (χ1n) is 11.4. The summed E-state index contributed by atoms with van der Waals surface area (Å²) in [7, 11) is 0. The molecule has 4 aromatic rings. The number of guanidine groups is 1. The zero-order valence-electron chi connectivity index (χ0n) is 19.9. The van der Waals surface area contributed by atoms with Crippen molar-refractivity contribution in [1.82, 2.24) is 0 Å². The van der Waals surface area contributed by atoms with Crippen molar-refractivity contribution >= 4 is 40.9 Å². The Hall–Kier alpha value is -4.84. The van der Waals surface area contributed by atoms with Crippen molar-refractivity contribution in [2.24, 2.45) is 5.73 Å². The van der Waals surface area contributed by atoms with Gasteiger partial charge >= 0.3 is 0 Å². The molecule has 0 radical (unpaired) electrons. The number of anilines is 1. The first kappa shape index (κ1) is 24.3. The van der Waals surface area contributed by atoms with Gasteiger partial charge in [-0.3, -0.25) is 10.2 Å². The third-order valence-corrected chi connectivity index (χ3v) is 5.93. The van der Waals surface area contributed by atoms with Crippen molar-refractivity contribution in [2.45, 2.75) is 13.5 Å². The second-order valence-electron chi connectivity index (χ2n) is 8.15. The highest BCUT2D eigenvalue weighted by molar-refractivity contribution is 6.02. The number of benzene rings is 4. The summed E-state index contributed by atoms with van der Waals surface area (Å²) in [6, 6.07) is 20.7. The standard InChI is InChI=1S/C30H27N3O3/c1-3-9-20-16-22(17-34)29(35)28(23(20)4-2)27-24-12-7-5-10-19(24)14-15-26(27)36-18-21-11-6-8-13-25(21)33-30(31)32/h3-17,35H,1,18H2,2H3,(H4,31,32,33)/b20-9-,23-4+. The fourth-order valence-corrected chi connectivity index (χ4v) is 4.35. The van der Waals surface area contributed by atoms with E-state index in [1.807, 2.05) is 73.7 Å². The zero-order chi connectivity index (χ0) is 25.7. The van der Waals surface area contributed by atoms with E-state index in [1.54, 1.807) is 18.2 Å². The van der Waals surface area contributed by atoms with Crippen LogP contribution in [0.1, 0.15) is 22.8 Å². The van der Waals surface area contributed by atoms with E-state index < -0.39 is 0 Å². The molecule has 0 aliphatic rings. The second-order valence-corrected chi connectivity index (χ2v) is 8.15. The number of carbonyl (C=O) groups excluding carboxylic acids is 1. The van der Waals surface area contributed by atoms with Crippen LogP contribution in [0.2, 0.25) is 0 Å². The number of hydrogen-bond acceptors (Lipinski definition) is 4. The molecular formula is C30H27N3O3. The number of carbonyl (C=O) groups is 1. The minimum Gasteiger partial charge on any atom is -0.507 e. The Kier molecular flexibility index (Phi) is 7.16. The van der Waals surface area contributed by atoms with Gasteiger partial charge in [0, 0.05) is 22.4 Å². The van der Waals surface area contributed by atoms with Crippen molar-refractivity contribution in [3.63, 3.8) is 0 Å². The largest absolute Gasteiger partial charge is 0.507 e. The lowest BCUT2D eigenvalue weighted by Gasteiger charge is -2.18. The molecule has 0 amide bonds. The van der Waals surface area contributed by atoms with Crippen LogP contribution in [0.5, 0.6) is 11.5 Å². The first-order valence-corrected chi connectivity index (χ1v) is 11.4. The molecule has 0 atom stereocenters. The quantitative estimate of drug-likeness (QED) is 0.176. The summed E-state index contributed by atoms with van der Waals surface area (Å²) >= 11 is 0. The van der Waals surface area contributed by atoms with E-state index in [2.05, 4.69) is 11.9 Å². The molecule has 0 aliphatic heterocycles. The average molecular weight is 478 g/mol. The molecule has 0 aromatic heterocycles. The van der Waals surface area contributed by atoms with Crippen molar-refractivity contribution in [3.8, 4) is 22.6 Å². The van der Waals surface area contributed by atoms with Gasteiger partial charge < -0.3 is 20.9 Å². The fourth-order valence-electron chi connectivity index (χ4n) is 4.35. The minimum atomic E-state index is -0.168. The number of phenols is 1. The lowest BCUT2D eigenvalue weighted by Crippen LogP contribution is -2.27. The Bertz CT molecular complexity index is 1610. The maximum Gasteiger partial charge on any atom is 0.190 e. The van der Waals surface area contributed by atoms with Gasteiger partial charge in [-0.2, -0.15) is 0 Å². The SMILES string of the molecule is C=C/C=c1/cc(C=O)c(O)c(-c2c(OCc3ccccc3NC(=N)N)ccc3ccccc23)/c1=C/C. The predicted molar refractivity (Wildman–Crippen MR) is 147 cm³/mol. The molecule has 4 rings (SSSR count). The summed E-state index contributed by atoms with van der Waals surface area (Å²) in [5.41, 5.74) is 8.38. The number of phenolic OH excluding ortho intramolecular Hbond substituents is 1. The molecule has 0 unspecified atom stereocenters. The molecule has 0 saturated heterocycles. The van der Waals surface area contributed by atoms with Crippen LogP contribution in [0.15, 0.2) is 79.4 Å². The fraction of sp³-hybridized carbons (Fsp3) is 0.0667. The molecule has 180 valence electrons. The molecule has 4 aromatic carbocycles. The van der Waals surface area contributed by atoms with Crippen molar-refractivity contribution < 1.29 is 14.6 Å². The highest BCUT2D eigenvalue weighted by Crippen LogP contribution is 2.40. The molecule has 6 heteroatoms. The van der Waals surface area contributed by atoms with E-state index in [4.69, 9.17) is 15.9 Å². The number of ether oxygens (including phenoxy) is 1. The van der Waals surface area contributed by atoms with Crippen molar-refractivity contribution in [2.75, 3.05) is 5.32 Å². The lowest BCUT2D eigenvalue weighted by molar-refractivity contribution is 0.112. The van der Waals surface area contributed by atoms with Crippen LogP contribution < -0.4 is 26.2 Å². The van der Waals surface area contributed by atoms with Gasteiger partial charge in [0.05, 0.1) is 5.56 Å². The van der Waals surface area contributed by atoms with Gasteiger partial charge in [-0.25, -0.2) is 0 Å². The Morgan fingerprint density at radius 2 is 1.86 bits per heavy atom. The van der Waals surface area contributed by atoms with Crippen LogP contribution in [0.3, 0.4) is 0 Å². The minimum absolute atomic E-state index is 0.112. The molecule has 0 aliphatic carbocycles. The third kappa shape index (κ3) is 4.70. The van der Waals surface area contributed by atoms with Crippen LogP contribution in [-0.4, -0.2) is 17.4 Å². The van der Waals surface area contributed by atoms with Crippen LogP contribution in [-0.2, 0) is 6.61 Å². The highest BCUT2D eigenvalue weighted by atomic mass is 16.5. The molecule has 0 heterocycles. The first-order chi connectivity index (χ1) is 17.5. The summed E-state index contributed by atoms with van der Waals surface area (Å²) in [5.74, 6) is 0.259. The summed E-state index contributed by atoms with van der Waals surface area (Å²) in [4.78, 5) is 11.9. The smallest absolute Gasteiger partial charge is 0.190 e.